The van der Waals surface area contributed by atoms with Crippen molar-refractivity contribution in [2.24, 2.45) is 5.73 Å². The molecule has 2 rings (SSSR count). The Morgan fingerprint density at radius 3 is 2.67 bits per heavy atom. The normalized spacial score (nSPS) is 13.5. The molecule has 0 bridgehead atoms. The number of aryl methyl sites for hydroxylation is 1. The second-order valence-corrected chi connectivity index (χ2v) is 6.01. The van der Waals surface area contributed by atoms with Gasteiger partial charge in [0.25, 0.3) is 0 Å². The van der Waals surface area contributed by atoms with E-state index < -0.39 is 6.04 Å². The molecule has 2 unspecified atom stereocenters. The van der Waals surface area contributed by atoms with Gasteiger partial charge in [-0.3, -0.25) is 4.79 Å². The van der Waals surface area contributed by atoms with E-state index in [1.807, 2.05) is 55.6 Å². The number of nitrogens with two attached hydrogens (primary N) is 1. The highest BCUT2D eigenvalue weighted by Crippen LogP contribution is 2.17. The minimum absolute atomic E-state index is 0.107. The fraction of sp³-hybridized carbons (Fsp3) is 0.312. The summed E-state index contributed by atoms with van der Waals surface area (Å²) in [7, 11) is 0. The van der Waals surface area contributed by atoms with E-state index in [2.05, 4.69) is 5.32 Å². The van der Waals surface area contributed by atoms with E-state index in [4.69, 9.17) is 10.5 Å². The molecule has 4 nitrogen and oxygen atoms in total. The van der Waals surface area contributed by atoms with Crippen molar-refractivity contribution in [1.82, 2.24) is 5.32 Å². The fourth-order valence-electron chi connectivity index (χ4n) is 1.83. The Kier molecular flexibility index (Phi) is 5.36. The van der Waals surface area contributed by atoms with Crippen molar-refractivity contribution in [1.29, 1.82) is 0 Å². The second-order valence-electron chi connectivity index (χ2n) is 5.03. The van der Waals surface area contributed by atoms with Crippen molar-refractivity contribution in [3.8, 4) is 5.75 Å². The lowest BCUT2D eigenvalue weighted by atomic mass is 10.2. The average molecular weight is 304 g/mol. The molecule has 2 atom stereocenters. The van der Waals surface area contributed by atoms with E-state index >= 15 is 0 Å². The molecular formula is C16H20N2O2S. The maximum atomic E-state index is 12.0. The van der Waals surface area contributed by atoms with E-state index in [9.17, 15) is 4.79 Å². The van der Waals surface area contributed by atoms with Crippen molar-refractivity contribution in [2.75, 3.05) is 6.61 Å². The van der Waals surface area contributed by atoms with Crippen LogP contribution < -0.4 is 15.8 Å². The van der Waals surface area contributed by atoms with Gasteiger partial charge in [-0.25, -0.2) is 0 Å². The zero-order valence-corrected chi connectivity index (χ0v) is 13.0. The quantitative estimate of drug-likeness (QED) is 0.862. The number of rotatable bonds is 6. The van der Waals surface area contributed by atoms with Crippen molar-refractivity contribution < 1.29 is 9.53 Å². The summed E-state index contributed by atoms with van der Waals surface area (Å²) in [6.07, 6.45) is 0. The number of carbonyl (C=O) groups excluding carboxylic acids is 1. The standard InChI is InChI=1S/C16H20N2O2S/c1-11-5-7-13(8-6-11)20-10-12(2)18-16(19)15(17)14-4-3-9-21-14/h3-9,12,15H,10,17H2,1-2H3,(H,18,19). The Balaban J connectivity index is 1.80. The first-order chi connectivity index (χ1) is 10.1. The third-order valence-electron chi connectivity index (χ3n) is 3.04. The van der Waals surface area contributed by atoms with Crippen molar-refractivity contribution in [2.45, 2.75) is 25.9 Å². The van der Waals surface area contributed by atoms with Crippen LogP contribution in [-0.2, 0) is 4.79 Å². The highest BCUT2D eigenvalue weighted by Gasteiger charge is 2.18. The van der Waals surface area contributed by atoms with Gasteiger partial charge < -0.3 is 15.8 Å². The monoisotopic (exact) mass is 304 g/mol. The molecule has 0 saturated heterocycles. The zero-order chi connectivity index (χ0) is 15.2. The summed E-state index contributed by atoms with van der Waals surface area (Å²) in [6, 6.07) is 10.8. The maximum Gasteiger partial charge on any atom is 0.242 e. The molecule has 1 amide bonds. The Morgan fingerprint density at radius 2 is 2.05 bits per heavy atom. The molecule has 3 N–H and O–H groups in total. The van der Waals surface area contributed by atoms with Crippen LogP contribution in [0.15, 0.2) is 41.8 Å². The number of benzene rings is 1. The molecule has 112 valence electrons. The molecule has 0 aliphatic rings. The molecule has 0 aliphatic heterocycles. The summed E-state index contributed by atoms with van der Waals surface area (Å²) in [5.74, 6) is 0.613. The molecule has 0 radical (unpaired) electrons. The van der Waals surface area contributed by atoms with Gasteiger partial charge in [-0.05, 0) is 37.4 Å². The van der Waals surface area contributed by atoms with Crippen LogP contribution in [0.4, 0.5) is 0 Å². The molecule has 5 heteroatoms. The van der Waals surface area contributed by atoms with Crippen LogP contribution in [0.1, 0.15) is 23.4 Å². The van der Waals surface area contributed by atoms with Gasteiger partial charge in [0.15, 0.2) is 0 Å². The number of ether oxygens (including phenoxy) is 1. The first-order valence-electron chi connectivity index (χ1n) is 6.85. The van der Waals surface area contributed by atoms with Crippen molar-refractivity contribution >= 4 is 17.2 Å². The van der Waals surface area contributed by atoms with Crippen LogP contribution in [0.3, 0.4) is 0 Å². The topological polar surface area (TPSA) is 64.3 Å². The van der Waals surface area contributed by atoms with Crippen LogP contribution in [0.25, 0.3) is 0 Å². The third kappa shape index (κ3) is 4.58. The first-order valence-corrected chi connectivity index (χ1v) is 7.73. The van der Waals surface area contributed by atoms with Gasteiger partial charge in [-0.15, -0.1) is 11.3 Å². The van der Waals surface area contributed by atoms with Crippen LogP contribution in [0, 0.1) is 6.92 Å². The molecular weight excluding hydrogens is 284 g/mol. The molecule has 21 heavy (non-hydrogen) atoms. The Morgan fingerprint density at radius 1 is 1.33 bits per heavy atom. The van der Waals surface area contributed by atoms with Gasteiger partial charge in [-0.2, -0.15) is 0 Å². The smallest absolute Gasteiger partial charge is 0.242 e. The van der Waals surface area contributed by atoms with Crippen LogP contribution in [-0.4, -0.2) is 18.6 Å². The minimum Gasteiger partial charge on any atom is -0.491 e. The largest absolute Gasteiger partial charge is 0.491 e. The number of hydrogen-bond donors (Lipinski definition) is 2. The maximum absolute atomic E-state index is 12.0. The van der Waals surface area contributed by atoms with Gasteiger partial charge in [0.2, 0.25) is 5.91 Å². The van der Waals surface area contributed by atoms with E-state index in [0.29, 0.717) is 6.61 Å². The average Bonchev–Trinajstić information content (AvgIpc) is 3.00. The highest BCUT2D eigenvalue weighted by molar-refractivity contribution is 7.10. The Bertz CT molecular complexity index is 566. The summed E-state index contributed by atoms with van der Waals surface area (Å²) in [6.45, 7) is 4.33. The summed E-state index contributed by atoms with van der Waals surface area (Å²) in [4.78, 5) is 12.9. The number of thiophene rings is 1. The van der Waals surface area contributed by atoms with Crippen molar-refractivity contribution in [3.63, 3.8) is 0 Å². The number of amides is 1. The molecule has 0 aliphatic carbocycles. The molecule has 0 saturated carbocycles. The summed E-state index contributed by atoms with van der Waals surface area (Å²) < 4.78 is 5.64. The first kappa shape index (κ1) is 15.5. The molecule has 1 aromatic carbocycles. The Labute approximate surface area is 128 Å². The number of nitrogens with one attached hydrogen (secondary N) is 1. The number of hydrogen-bond acceptors (Lipinski definition) is 4. The lowest BCUT2D eigenvalue weighted by Gasteiger charge is -2.17. The van der Waals surface area contributed by atoms with Crippen LogP contribution >= 0.6 is 11.3 Å². The zero-order valence-electron chi connectivity index (χ0n) is 12.2. The summed E-state index contributed by atoms with van der Waals surface area (Å²) in [5.41, 5.74) is 7.10. The molecule has 0 fully saturated rings. The van der Waals surface area contributed by atoms with Crippen LogP contribution in [0.5, 0.6) is 5.75 Å². The lowest BCUT2D eigenvalue weighted by molar-refractivity contribution is -0.123. The van der Waals surface area contributed by atoms with E-state index in [-0.39, 0.29) is 11.9 Å². The molecule has 0 spiro atoms. The van der Waals surface area contributed by atoms with Gasteiger partial charge in [0, 0.05) is 4.88 Å². The van der Waals surface area contributed by atoms with E-state index in [1.165, 1.54) is 16.9 Å². The van der Waals surface area contributed by atoms with Gasteiger partial charge in [0.1, 0.15) is 18.4 Å². The Hall–Kier alpha value is -1.85. The van der Waals surface area contributed by atoms with Gasteiger partial charge in [-0.1, -0.05) is 23.8 Å². The van der Waals surface area contributed by atoms with Crippen LogP contribution in [0.2, 0.25) is 0 Å². The molecule has 2 aromatic rings. The third-order valence-corrected chi connectivity index (χ3v) is 4.00. The fourth-order valence-corrected chi connectivity index (χ4v) is 2.55. The minimum atomic E-state index is -0.619. The second kappa shape index (κ2) is 7.24. The van der Waals surface area contributed by atoms with E-state index in [1.54, 1.807) is 0 Å². The van der Waals surface area contributed by atoms with Gasteiger partial charge in [0.05, 0.1) is 6.04 Å². The van der Waals surface area contributed by atoms with E-state index in [0.717, 1.165) is 10.6 Å². The predicted molar refractivity (Wildman–Crippen MR) is 85.5 cm³/mol. The molecule has 1 aromatic heterocycles. The number of carbonyl (C=O) groups is 1. The van der Waals surface area contributed by atoms with Gasteiger partial charge >= 0.3 is 0 Å². The predicted octanol–water partition coefficient (Wildman–Crippen LogP) is 2.64. The SMILES string of the molecule is Cc1ccc(OCC(C)NC(=O)C(N)c2cccs2)cc1. The highest BCUT2D eigenvalue weighted by atomic mass is 32.1. The summed E-state index contributed by atoms with van der Waals surface area (Å²) >= 11 is 1.48. The summed E-state index contributed by atoms with van der Waals surface area (Å²) in [5, 5.41) is 4.78. The van der Waals surface area contributed by atoms with Crippen molar-refractivity contribution in [3.05, 3.63) is 52.2 Å². The lowest BCUT2D eigenvalue weighted by Crippen LogP contribution is -2.41. The molecule has 1 heterocycles.